The predicted molar refractivity (Wildman–Crippen MR) is 263 cm³/mol. The summed E-state index contributed by atoms with van der Waals surface area (Å²) < 4.78 is 7.16. The van der Waals surface area contributed by atoms with Gasteiger partial charge in [0.1, 0.15) is 0 Å². The van der Waals surface area contributed by atoms with Crippen molar-refractivity contribution in [1.82, 2.24) is 24.1 Å². The van der Waals surface area contributed by atoms with E-state index in [4.69, 9.17) is 15.0 Å². The molecule has 0 saturated carbocycles. The molecule has 9 aromatic carbocycles. The summed E-state index contributed by atoms with van der Waals surface area (Å²) in [7, 11) is 0. The highest BCUT2D eigenvalue weighted by molar-refractivity contribution is 7.25. The SMILES string of the molecule is c1ccc(-c2cccc(-c3nc(-c4ccc5c(c4)sc4ccccc45)nc(-n4c5ccccc5c5ccc6c7ccccc7n(-c7cccc(-c8ccccc8)c7)c6c54)n3)c2)cc1. The van der Waals surface area contributed by atoms with Crippen molar-refractivity contribution in [2.75, 3.05) is 0 Å². The average molecular weight is 822 g/mol. The number of nitrogens with zero attached hydrogens (tertiary/aromatic N) is 5. The van der Waals surface area contributed by atoms with Crippen LogP contribution >= 0.6 is 11.3 Å². The Morgan fingerprint density at radius 1 is 0.302 bits per heavy atom. The van der Waals surface area contributed by atoms with Crippen molar-refractivity contribution in [1.29, 1.82) is 0 Å². The van der Waals surface area contributed by atoms with E-state index in [1.54, 1.807) is 11.3 Å². The van der Waals surface area contributed by atoms with E-state index in [9.17, 15) is 0 Å². The van der Waals surface area contributed by atoms with E-state index >= 15 is 0 Å². The molecule has 294 valence electrons. The molecule has 0 radical (unpaired) electrons. The summed E-state index contributed by atoms with van der Waals surface area (Å²) in [6.45, 7) is 0. The fourth-order valence-corrected chi connectivity index (χ4v) is 10.6. The predicted octanol–water partition coefficient (Wildman–Crippen LogP) is 15.1. The summed E-state index contributed by atoms with van der Waals surface area (Å²) in [5.74, 6) is 1.79. The zero-order valence-corrected chi connectivity index (χ0v) is 34.7. The minimum Gasteiger partial charge on any atom is -0.307 e. The van der Waals surface area contributed by atoms with Gasteiger partial charge >= 0.3 is 0 Å². The van der Waals surface area contributed by atoms with E-state index in [0.29, 0.717) is 17.6 Å². The number of hydrogen-bond acceptors (Lipinski definition) is 4. The Balaban J connectivity index is 1.12. The van der Waals surface area contributed by atoms with Gasteiger partial charge in [0.05, 0.1) is 22.1 Å². The Hall–Kier alpha value is -8.19. The van der Waals surface area contributed by atoms with Crippen LogP contribution in [0.2, 0.25) is 0 Å². The van der Waals surface area contributed by atoms with Gasteiger partial charge in [-0.2, -0.15) is 9.97 Å². The number of hydrogen-bond donors (Lipinski definition) is 0. The van der Waals surface area contributed by atoms with Crippen LogP contribution < -0.4 is 0 Å². The third kappa shape index (κ3) is 5.73. The lowest BCUT2D eigenvalue weighted by Crippen LogP contribution is -2.07. The summed E-state index contributed by atoms with van der Waals surface area (Å²) in [6.07, 6.45) is 0. The summed E-state index contributed by atoms with van der Waals surface area (Å²) in [4.78, 5) is 16.2. The molecule has 63 heavy (non-hydrogen) atoms. The van der Waals surface area contributed by atoms with Crippen molar-refractivity contribution in [3.63, 3.8) is 0 Å². The third-order valence-corrected chi connectivity index (χ3v) is 13.5. The molecule has 13 aromatic rings. The molecule has 0 aliphatic carbocycles. The molecule has 0 aliphatic rings. The van der Waals surface area contributed by atoms with Crippen LogP contribution in [0.25, 0.3) is 120 Å². The van der Waals surface area contributed by atoms with Crippen LogP contribution in [0.3, 0.4) is 0 Å². The summed E-state index contributed by atoms with van der Waals surface area (Å²) in [5.41, 5.74) is 11.8. The highest BCUT2D eigenvalue weighted by atomic mass is 32.1. The molecule has 0 amide bonds. The molecule has 0 spiro atoms. The number of thiophene rings is 1. The molecule has 5 nitrogen and oxygen atoms in total. The van der Waals surface area contributed by atoms with Crippen molar-refractivity contribution in [2.45, 2.75) is 0 Å². The Labute approximate surface area is 366 Å². The normalized spacial score (nSPS) is 11.8. The van der Waals surface area contributed by atoms with Gasteiger partial charge in [0, 0.05) is 58.5 Å². The number of fused-ring (bicyclic) bond motifs is 10. The van der Waals surface area contributed by atoms with Gasteiger partial charge in [0.25, 0.3) is 0 Å². The lowest BCUT2D eigenvalue weighted by Gasteiger charge is -2.14. The van der Waals surface area contributed by atoms with E-state index in [2.05, 4.69) is 215 Å². The molecule has 6 heteroatoms. The van der Waals surface area contributed by atoms with Crippen molar-refractivity contribution >= 4 is 75.1 Å². The lowest BCUT2D eigenvalue weighted by molar-refractivity contribution is 0.953. The van der Waals surface area contributed by atoms with Crippen LogP contribution in [-0.2, 0) is 0 Å². The van der Waals surface area contributed by atoms with E-state index in [-0.39, 0.29) is 0 Å². The maximum Gasteiger partial charge on any atom is 0.238 e. The zero-order chi connectivity index (χ0) is 41.4. The molecule has 0 aliphatic heterocycles. The number of aromatic nitrogens is 5. The second-order valence-corrected chi connectivity index (χ2v) is 17.1. The van der Waals surface area contributed by atoms with E-state index in [1.807, 2.05) is 6.07 Å². The number of benzene rings is 9. The fraction of sp³-hybridized carbons (Fsp3) is 0. The van der Waals surface area contributed by atoms with Gasteiger partial charge in [0.2, 0.25) is 5.95 Å². The van der Waals surface area contributed by atoms with Crippen LogP contribution in [-0.4, -0.2) is 24.1 Å². The maximum atomic E-state index is 5.47. The highest BCUT2D eigenvalue weighted by Crippen LogP contribution is 2.43. The first kappa shape index (κ1) is 35.6. The van der Waals surface area contributed by atoms with Gasteiger partial charge in [0.15, 0.2) is 11.6 Å². The molecule has 13 rings (SSSR count). The highest BCUT2D eigenvalue weighted by Gasteiger charge is 2.24. The summed E-state index contributed by atoms with van der Waals surface area (Å²) in [5, 5.41) is 7.10. The molecule has 4 aromatic heterocycles. The lowest BCUT2D eigenvalue weighted by atomic mass is 10.0. The molecule has 4 heterocycles. The topological polar surface area (TPSA) is 48.5 Å². The van der Waals surface area contributed by atoms with Crippen LogP contribution in [0.5, 0.6) is 0 Å². The Morgan fingerprint density at radius 2 is 0.794 bits per heavy atom. The Kier molecular flexibility index (Phi) is 8.01. The molecular formula is C57H35N5S. The Bertz CT molecular complexity index is 3920. The van der Waals surface area contributed by atoms with Gasteiger partial charge < -0.3 is 4.57 Å². The maximum absolute atomic E-state index is 5.47. The summed E-state index contributed by atoms with van der Waals surface area (Å²) in [6, 6.07) is 75.6. The van der Waals surface area contributed by atoms with Crippen LogP contribution in [0.4, 0.5) is 0 Å². The third-order valence-electron chi connectivity index (χ3n) is 12.4. The monoisotopic (exact) mass is 821 g/mol. The van der Waals surface area contributed by atoms with Crippen molar-refractivity contribution in [3.8, 4) is 56.7 Å². The molecule has 0 fully saturated rings. The standard InChI is InChI=1S/C57H35N5S/c1-3-15-36(16-4-1)38-19-13-21-40(33-38)55-58-56(41-29-30-46-45-25-9-12-28-51(45)63-52(46)35-41)60-57(59-55)62-50-27-11-8-24-44(50)48-32-31-47-43-23-7-10-26-49(43)61(53(47)54(48)62)42-22-14-20-39(34-42)37-17-5-2-6-18-37/h1-35H. The number of rotatable bonds is 6. The molecule has 0 bridgehead atoms. The second kappa shape index (κ2) is 14.2. The fourth-order valence-electron chi connectivity index (χ4n) is 9.49. The van der Waals surface area contributed by atoms with Gasteiger partial charge in [-0.1, -0.05) is 170 Å². The van der Waals surface area contributed by atoms with Crippen LogP contribution in [0, 0.1) is 0 Å². The van der Waals surface area contributed by atoms with Crippen molar-refractivity contribution in [2.24, 2.45) is 0 Å². The van der Waals surface area contributed by atoms with E-state index in [1.165, 1.54) is 31.1 Å². The molecule has 0 unspecified atom stereocenters. The second-order valence-electron chi connectivity index (χ2n) is 16.0. The smallest absolute Gasteiger partial charge is 0.238 e. The Morgan fingerprint density at radius 3 is 1.49 bits per heavy atom. The minimum absolute atomic E-state index is 0.560. The minimum atomic E-state index is 0.560. The van der Waals surface area contributed by atoms with E-state index in [0.717, 1.165) is 71.7 Å². The molecular weight excluding hydrogens is 787 g/mol. The van der Waals surface area contributed by atoms with Crippen molar-refractivity contribution < 1.29 is 0 Å². The first-order valence-corrected chi connectivity index (χ1v) is 22.0. The molecule has 0 saturated heterocycles. The summed E-state index contributed by atoms with van der Waals surface area (Å²) >= 11 is 1.80. The van der Waals surface area contributed by atoms with Gasteiger partial charge in [-0.05, 0) is 64.7 Å². The van der Waals surface area contributed by atoms with E-state index < -0.39 is 0 Å². The largest absolute Gasteiger partial charge is 0.307 e. The van der Waals surface area contributed by atoms with Gasteiger partial charge in [-0.25, -0.2) is 4.98 Å². The first-order chi connectivity index (χ1) is 31.2. The van der Waals surface area contributed by atoms with Gasteiger partial charge in [-0.3, -0.25) is 4.57 Å². The molecule has 0 N–H and O–H groups in total. The first-order valence-electron chi connectivity index (χ1n) is 21.2. The number of para-hydroxylation sites is 2. The average Bonchev–Trinajstić information content (AvgIpc) is 4.02. The molecule has 0 atom stereocenters. The zero-order valence-electron chi connectivity index (χ0n) is 33.9. The van der Waals surface area contributed by atoms with Crippen molar-refractivity contribution in [3.05, 3.63) is 212 Å². The quantitative estimate of drug-likeness (QED) is 0.168. The van der Waals surface area contributed by atoms with Crippen LogP contribution in [0.1, 0.15) is 0 Å². The van der Waals surface area contributed by atoms with Crippen LogP contribution in [0.15, 0.2) is 212 Å². The van der Waals surface area contributed by atoms with Gasteiger partial charge in [-0.15, -0.1) is 11.3 Å².